The van der Waals surface area contributed by atoms with E-state index in [1.807, 2.05) is 22.9 Å². The van der Waals surface area contributed by atoms with Crippen molar-refractivity contribution in [1.29, 1.82) is 0 Å². The average Bonchev–Trinajstić information content (AvgIpc) is 3.10. The number of amides is 1. The minimum Gasteiger partial charge on any atom is -0.497 e. The van der Waals surface area contributed by atoms with Crippen LogP contribution in [0.25, 0.3) is 11.0 Å². The normalized spacial score (nSPS) is 13.3. The first kappa shape index (κ1) is 19.3. The molecule has 3 aromatic rings. The van der Waals surface area contributed by atoms with Crippen molar-refractivity contribution < 1.29 is 14.3 Å². The van der Waals surface area contributed by atoms with Crippen LogP contribution in [-0.4, -0.2) is 52.7 Å². The number of carbonyl (C=O) groups is 1. The number of ether oxygens (including phenoxy) is 2. The van der Waals surface area contributed by atoms with Crippen molar-refractivity contribution in [2.24, 2.45) is 0 Å². The fourth-order valence-corrected chi connectivity index (χ4v) is 3.44. The maximum Gasteiger partial charge on any atom is 0.246 e. The Balaban J connectivity index is 1.72. The number of likely N-dealkylation sites (tertiary alicyclic amines) is 1. The van der Waals surface area contributed by atoms with Crippen molar-refractivity contribution in [3.05, 3.63) is 54.5 Å². The van der Waals surface area contributed by atoms with Gasteiger partial charge in [0.15, 0.2) is 0 Å². The number of hydrogen-bond acceptors (Lipinski definition) is 6. The van der Waals surface area contributed by atoms with Crippen LogP contribution in [0.3, 0.4) is 0 Å². The Hall–Kier alpha value is -3.99. The molecule has 2 aromatic heterocycles. The summed E-state index contributed by atoms with van der Waals surface area (Å²) in [5, 5.41) is 0.702. The molecule has 0 radical (unpaired) electrons. The molecule has 0 bridgehead atoms. The van der Waals surface area contributed by atoms with Gasteiger partial charge in [-0.2, -0.15) is 0 Å². The summed E-state index contributed by atoms with van der Waals surface area (Å²) in [6.45, 7) is 4.70. The van der Waals surface area contributed by atoms with Crippen molar-refractivity contribution in [3.63, 3.8) is 0 Å². The van der Waals surface area contributed by atoms with Crippen LogP contribution in [0.1, 0.15) is 17.2 Å². The molecule has 30 heavy (non-hydrogen) atoms. The highest BCUT2D eigenvalue weighted by atomic mass is 16.5. The molecule has 152 valence electrons. The van der Waals surface area contributed by atoms with Gasteiger partial charge in [-0.25, -0.2) is 9.97 Å². The zero-order valence-electron chi connectivity index (χ0n) is 16.8. The van der Waals surface area contributed by atoms with Crippen LogP contribution >= 0.6 is 0 Å². The summed E-state index contributed by atoms with van der Waals surface area (Å²) in [7, 11) is 3.19. The minimum absolute atomic E-state index is 0.0798. The number of nitrogen functional groups attached to an aromatic ring is 1. The van der Waals surface area contributed by atoms with E-state index in [1.54, 1.807) is 25.2 Å². The molecule has 1 amide bonds. The monoisotopic (exact) mass is 403 g/mol. The van der Waals surface area contributed by atoms with Crippen molar-refractivity contribution in [2.75, 3.05) is 33.0 Å². The van der Waals surface area contributed by atoms with E-state index in [2.05, 4.69) is 28.4 Å². The van der Waals surface area contributed by atoms with Gasteiger partial charge in [0.25, 0.3) is 0 Å². The average molecular weight is 403 g/mol. The first-order chi connectivity index (χ1) is 14.5. The first-order valence-corrected chi connectivity index (χ1v) is 9.31. The zero-order chi connectivity index (χ0) is 21.3. The molecule has 8 nitrogen and oxygen atoms in total. The molecule has 1 saturated heterocycles. The second-order valence-electron chi connectivity index (χ2n) is 6.86. The molecule has 0 aliphatic carbocycles. The summed E-state index contributed by atoms with van der Waals surface area (Å²) >= 11 is 0. The molecule has 8 heteroatoms. The molecule has 1 aliphatic heterocycles. The number of anilines is 1. The number of methoxy groups -OCH3 is 2. The summed E-state index contributed by atoms with van der Waals surface area (Å²) in [5.74, 6) is 7.92. The third-order valence-electron chi connectivity index (χ3n) is 5.07. The van der Waals surface area contributed by atoms with Gasteiger partial charge in [-0.1, -0.05) is 18.4 Å². The van der Waals surface area contributed by atoms with E-state index in [0.717, 1.165) is 11.1 Å². The van der Waals surface area contributed by atoms with Gasteiger partial charge in [-0.05, 0) is 18.2 Å². The van der Waals surface area contributed by atoms with Gasteiger partial charge in [-0.15, -0.1) is 0 Å². The lowest BCUT2D eigenvalue weighted by Crippen LogP contribution is -2.50. The Morgan fingerprint density at radius 1 is 1.20 bits per heavy atom. The molecule has 2 N–H and O–H groups in total. The highest BCUT2D eigenvalue weighted by Gasteiger charge is 2.32. The maximum absolute atomic E-state index is 11.8. The second-order valence-corrected chi connectivity index (χ2v) is 6.86. The summed E-state index contributed by atoms with van der Waals surface area (Å²) in [6, 6.07) is 5.55. The minimum atomic E-state index is -0.0798. The highest BCUT2D eigenvalue weighted by Crippen LogP contribution is 2.30. The topological polar surface area (TPSA) is 95.5 Å². The predicted molar refractivity (Wildman–Crippen MR) is 113 cm³/mol. The van der Waals surface area contributed by atoms with Gasteiger partial charge < -0.3 is 24.7 Å². The van der Waals surface area contributed by atoms with Crippen LogP contribution < -0.4 is 15.2 Å². The Morgan fingerprint density at radius 2 is 1.90 bits per heavy atom. The van der Waals surface area contributed by atoms with E-state index in [1.165, 1.54) is 12.4 Å². The predicted octanol–water partition coefficient (Wildman–Crippen LogP) is 2.00. The lowest BCUT2D eigenvalue weighted by molar-refractivity contribution is -0.131. The number of fused-ring (bicyclic) bond motifs is 1. The molecule has 1 fully saturated rings. The molecule has 3 heterocycles. The van der Waals surface area contributed by atoms with E-state index >= 15 is 0 Å². The Bertz CT molecular complexity index is 1180. The van der Waals surface area contributed by atoms with Crippen LogP contribution in [0.15, 0.2) is 43.4 Å². The van der Waals surface area contributed by atoms with Crippen molar-refractivity contribution in [1.82, 2.24) is 19.4 Å². The SMILES string of the molecule is C=CC(=O)N1CC(n2cc(C#Cc3cc(OC)cc(OC)c3)c3c(N)ncnc32)C1. The smallest absolute Gasteiger partial charge is 0.246 e. The van der Waals surface area contributed by atoms with Crippen LogP contribution in [0, 0.1) is 11.8 Å². The molecule has 4 rings (SSSR count). The van der Waals surface area contributed by atoms with Crippen LogP contribution in [0.4, 0.5) is 5.82 Å². The number of hydrogen-bond donors (Lipinski definition) is 1. The molecule has 0 saturated carbocycles. The van der Waals surface area contributed by atoms with E-state index in [4.69, 9.17) is 15.2 Å². The number of aromatic nitrogens is 3. The Morgan fingerprint density at radius 3 is 2.53 bits per heavy atom. The van der Waals surface area contributed by atoms with Gasteiger partial charge in [0, 0.05) is 30.9 Å². The number of rotatable bonds is 4. The summed E-state index contributed by atoms with van der Waals surface area (Å²) < 4.78 is 12.6. The van der Waals surface area contributed by atoms with Gasteiger partial charge in [0.2, 0.25) is 5.91 Å². The lowest BCUT2D eigenvalue weighted by Gasteiger charge is -2.39. The second kappa shape index (κ2) is 7.79. The number of benzene rings is 1. The van der Waals surface area contributed by atoms with E-state index in [0.29, 0.717) is 41.4 Å². The van der Waals surface area contributed by atoms with E-state index in [-0.39, 0.29) is 11.9 Å². The van der Waals surface area contributed by atoms with Crippen LogP contribution in [0.5, 0.6) is 11.5 Å². The van der Waals surface area contributed by atoms with E-state index < -0.39 is 0 Å². The summed E-state index contributed by atoms with van der Waals surface area (Å²) in [6.07, 6.45) is 4.67. The number of nitrogens with zero attached hydrogens (tertiary/aromatic N) is 4. The zero-order valence-corrected chi connectivity index (χ0v) is 16.8. The van der Waals surface area contributed by atoms with Crippen LogP contribution in [0.2, 0.25) is 0 Å². The molecular formula is C22H21N5O3. The largest absolute Gasteiger partial charge is 0.497 e. The van der Waals surface area contributed by atoms with Gasteiger partial charge in [0.05, 0.1) is 31.2 Å². The highest BCUT2D eigenvalue weighted by molar-refractivity contribution is 5.93. The van der Waals surface area contributed by atoms with Crippen molar-refractivity contribution in [2.45, 2.75) is 6.04 Å². The van der Waals surface area contributed by atoms with Gasteiger partial charge in [-0.3, -0.25) is 4.79 Å². The Kier molecular flexibility index (Phi) is 5.02. The van der Waals surface area contributed by atoms with Crippen molar-refractivity contribution in [3.8, 4) is 23.3 Å². The van der Waals surface area contributed by atoms with E-state index in [9.17, 15) is 4.79 Å². The first-order valence-electron chi connectivity index (χ1n) is 9.31. The van der Waals surface area contributed by atoms with Crippen LogP contribution in [-0.2, 0) is 4.79 Å². The van der Waals surface area contributed by atoms with Crippen molar-refractivity contribution >= 4 is 22.8 Å². The summed E-state index contributed by atoms with van der Waals surface area (Å²) in [5.41, 5.74) is 8.30. The summed E-state index contributed by atoms with van der Waals surface area (Å²) in [4.78, 5) is 22.0. The fourth-order valence-electron chi connectivity index (χ4n) is 3.44. The Labute approximate surface area is 173 Å². The number of carbonyl (C=O) groups excluding carboxylic acids is 1. The fraction of sp³-hybridized carbons (Fsp3) is 0.227. The molecule has 1 aromatic carbocycles. The molecule has 0 atom stereocenters. The van der Waals surface area contributed by atoms with Gasteiger partial charge in [0.1, 0.15) is 29.3 Å². The number of nitrogens with two attached hydrogens (primary N) is 1. The quantitative estimate of drug-likeness (QED) is 0.529. The third kappa shape index (κ3) is 3.42. The third-order valence-corrected chi connectivity index (χ3v) is 5.07. The maximum atomic E-state index is 11.8. The standard InChI is InChI=1S/C22H21N5O3/c1-4-19(28)26-11-16(12-26)27-10-15(20-21(23)24-13-25-22(20)27)6-5-14-7-17(29-2)9-18(8-14)30-3/h4,7-10,13,16H,1,11-12H2,2-3H3,(H2,23,24,25). The lowest BCUT2D eigenvalue weighted by atomic mass is 10.1. The molecule has 0 unspecified atom stereocenters. The molecule has 0 spiro atoms. The molecular weight excluding hydrogens is 382 g/mol. The van der Waals surface area contributed by atoms with Gasteiger partial charge >= 0.3 is 0 Å². The molecule has 1 aliphatic rings.